The van der Waals surface area contributed by atoms with Gasteiger partial charge in [0, 0.05) is 25.2 Å². The average molecular weight is 236 g/mol. The minimum atomic E-state index is 0.657. The molecule has 6 nitrogen and oxygen atoms in total. The lowest BCUT2D eigenvalue weighted by atomic mass is 10.0. The summed E-state index contributed by atoms with van der Waals surface area (Å²) in [5, 5.41) is 0. The van der Waals surface area contributed by atoms with Gasteiger partial charge in [-0.2, -0.15) is 0 Å². The predicted molar refractivity (Wildman–Crippen MR) is 68.8 cm³/mol. The SMILES string of the molecule is CN(C)C1CCN(c2cc(NN)ncn2)CC1. The molecule has 3 N–H and O–H groups in total. The van der Waals surface area contributed by atoms with Crippen molar-refractivity contribution in [2.24, 2.45) is 5.84 Å². The first-order valence-electron chi connectivity index (χ1n) is 5.90. The summed E-state index contributed by atoms with van der Waals surface area (Å²) in [4.78, 5) is 12.9. The van der Waals surface area contributed by atoms with Crippen LogP contribution in [0.5, 0.6) is 0 Å². The average Bonchev–Trinajstić information content (AvgIpc) is 2.39. The molecule has 0 amide bonds. The Morgan fingerprint density at radius 3 is 2.65 bits per heavy atom. The molecule has 0 saturated carbocycles. The monoisotopic (exact) mass is 236 g/mol. The first-order valence-corrected chi connectivity index (χ1v) is 5.90. The van der Waals surface area contributed by atoms with Crippen molar-refractivity contribution in [2.75, 3.05) is 37.5 Å². The normalized spacial score (nSPS) is 17.5. The van der Waals surface area contributed by atoms with Crippen molar-refractivity contribution in [1.82, 2.24) is 14.9 Å². The fourth-order valence-electron chi connectivity index (χ4n) is 2.21. The number of hydrogen-bond acceptors (Lipinski definition) is 6. The van der Waals surface area contributed by atoms with E-state index in [1.807, 2.05) is 6.07 Å². The quantitative estimate of drug-likeness (QED) is 0.581. The molecule has 0 bridgehead atoms. The molecule has 2 rings (SSSR count). The van der Waals surface area contributed by atoms with Crippen LogP contribution in [0.2, 0.25) is 0 Å². The van der Waals surface area contributed by atoms with Gasteiger partial charge < -0.3 is 15.2 Å². The summed E-state index contributed by atoms with van der Waals surface area (Å²) >= 11 is 0. The lowest BCUT2D eigenvalue weighted by molar-refractivity contribution is 0.249. The molecule has 0 aromatic carbocycles. The highest BCUT2D eigenvalue weighted by Crippen LogP contribution is 2.20. The number of hydrazine groups is 1. The van der Waals surface area contributed by atoms with Gasteiger partial charge in [-0.05, 0) is 26.9 Å². The van der Waals surface area contributed by atoms with E-state index in [1.54, 1.807) is 6.33 Å². The molecule has 1 fully saturated rings. The smallest absolute Gasteiger partial charge is 0.145 e. The predicted octanol–water partition coefficient (Wildman–Crippen LogP) is 0.293. The first-order chi connectivity index (χ1) is 8.20. The second kappa shape index (κ2) is 5.29. The Kier molecular flexibility index (Phi) is 3.75. The standard InChI is InChI=1S/C11H20N6/c1-16(2)9-3-5-17(6-4-9)11-7-10(15-12)13-8-14-11/h7-9H,3-6,12H2,1-2H3,(H,13,14,15). The number of rotatable bonds is 3. The second-order valence-electron chi connectivity index (χ2n) is 4.59. The summed E-state index contributed by atoms with van der Waals surface area (Å²) < 4.78 is 0. The Balaban J connectivity index is 2.00. The van der Waals surface area contributed by atoms with Gasteiger partial charge in [-0.15, -0.1) is 0 Å². The molecule has 6 heteroatoms. The van der Waals surface area contributed by atoms with Crippen molar-refractivity contribution in [3.05, 3.63) is 12.4 Å². The summed E-state index contributed by atoms with van der Waals surface area (Å²) in [5.74, 6) is 6.95. The molecular weight excluding hydrogens is 216 g/mol. The van der Waals surface area contributed by atoms with E-state index in [0.29, 0.717) is 11.9 Å². The molecular formula is C11H20N6. The van der Waals surface area contributed by atoms with Gasteiger partial charge >= 0.3 is 0 Å². The van der Waals surface area contributed by atoms with Gasteiger partial charge in [0.2, 0.25) is 0 Å². The van der Waals surface area contributed by atoms with E-state index in [2.05, 4.69) is 39.3 Å². The maximum Gasteiger partial charge on any atom is 0.145 e. The van der Waals surface area contributed by atoms with E-state index in [-0.39, 0.29) is 0 Å². The molecule has 2 heterocycles. The molecule has 1 aliphatic heterocycles. The molecule has 1 aromatic rings. The minimum Gasteiger partial charge on any atom is -0.356 e. The van der Waals surface area contributed by atoms with Crippen LogP contribution in [0.25, 0.3) is 0 Å². The number of piperidine rings is 1. The fourth-order valence-corrected chi connectivity index (χ4v) is 2.21. The van der Waals surface area contributed by atoms with Gasteiger partial charge in [0.15, 0.2) is 0 Å². The summed E-state index contributed by atoms with van der Waals surface area (Å²) in [5.41, 5.74) is 2.55. The van der Waals surface area contributed by atoms with Gasteiger partial charge in [0.25, 0.3) is 0 Å². The lowest BCUT2D eigenvalue weighted by Gasteiger charge is -2.35. The molecule has 1 aromatic heterocycles. The van der Waals surface area contributed by atoms with E-state index < -0.39 is 0 Å². The number of hydrogen-bond donors (Lipinski definition) is 2. The molecule has 0 radical (unpaired) electrons. The van der Waals surface area contributed by atoms with Crippen molar-refractivity contribution >= 4 is 11.6 Å². The molecule has 0 unspecified atom stereocenters. The Bertz CT molecular complexity index is 359. The molecule has 0 aliphatic carbocycles. The molecule has 1 saturated heterocycles. The maximum absolute atomic E-state index is 5.34. The summed E-state index contributed by atoms with van der Waals surface area (Å²) in [6, 6.07) is 2.57. The fraction of sp³-hybridized carbons (Fsp3) is 0.636. The zero-order valence-corrected chi connectivity index (χ0v) is 10.4. The van der Waals surface area contributed by atoms with E-state index >= 15 is 0 Å². The summed E-state index contributed by atoms with van der Waals surface area (Å²) in [6.45, 7) is 2.06. The van der Waals surface area contributed by atoms with E-state index in [0.717, 1.165) is 18.9 Å². The zero-order chi connectivity index (χ0) is 12.3. The van der Waals surface area contributed by atoms with Crippen LogP contribution in [0.3, 0.4) is 0 Å². The minimum absolute atomic E-state index is 0.657. The Labute approximate surface area is 102 Å². The largest absolute Gasteiger partial charge is 0.356 e. The van der Waals surface area contributed by atoms with Crippen LogP contribution in [-0.2, 0) is 0 Å². The summed E-state index contributed by atoms with van der Waals surface area (Å²) in [6.07, 6.45) is 3.88. The highest BCUT2D eigenvalue weighted by Gasteiger charge is 2.21. The first kappa shape index (κ1) is 12.1. The van der Waals surface area contributed by atoms with Gasteiger partial charge in [0.05, 0.1) is 0 Å². The van der Waals surface area contributed by atoms with Gasteiger partial charge in [-0.25, -0.2) is 15.8 Å². The van der Waals surface area contributed by atoms with Crippen LogP contribution in [-0.4, -0.2) is 48.1 Å². The van der Waals surface area contributed by atoms with Gasteiger partial charge in [0.1, 0.15) is 18.0 Å². The molecule has 0 atom stereocenters. The number of nitrogen functional groups attached to an aromatic ring is 1. The van der Waals surface area contributed by atoms with Crippen molar-refractivity contribution < 1.29 is 0 Å². The number of nitrogens with zero attached hydrogens (tertiary/aromatic N) is 4. The number of aromatic nitrogens is 2. The third-order valence-corrected chi connectivity index (χ3v) is 3.32. The molecule has 17 heavy (non-hydrogen) atoms. The van der Waals surface area contributed by atoms with Crippen LogP contribution >= 0.6 is 0 Å². The Morgan fingerprint density at radius 2 is 2.06 bits per heavy atom. The molecule has 94 valence electrons. The van der Waals surface area contributed by atoms with Crippen molar-refractivity contribution in [3.63, 3.8) is 0 Å². The maximum atomic E-state index is 5.34. The topological polar surface area (TPSA) is 70.3 Å². The zero-order valence-electron chi connectivity index (χ0n) is 10.4. The number of nitrogens with two attached hydrogens (primary N) is 1. The molecule has 1 aliphatic rings. The summed E-state index contributed by atoms with van der Waals surface area (Å²) in [7, 11) is 4.28. The van der Waals surface area contributed by atoms with Crippen molar-refractivity contribution in [1.29, 1.82) is 0 Å². The highest BCUT2D eigenvalue weighted by molar-refractivity contribution is 5.48. The van der Waals surface area contributed by atoms with Crippen LogP contribution in [0.15, 0.2) is 12.4 Å². The third-order valence-electron chi connectivity index (χ3n) is 3.32. The van der Waals surface area contributed by atoms with Gasteiger partial charge in [-0.1, -0.05) is 0 Å². The van der Waals surface area contributed by atoms with Crippen LogP contribution < -0.4 is 16.2 Å². The third kappa shape index (κ3) is 2.83. The van der Waals surface area contributed by atoms with E-state index in [9.17, 15) is 0 Å². The Morgan fingerprint density at radius 1 is 1.35 bits per heavy atom. The number of nitrogens with one attached hydrogen (secondary N) is 1. The van der Waals surface area contributed by atoms with Crippen molar-refractivity contribution in [2.45, 2.75) is 18.9 Å². The number of anilines is 2. The van der Waals surface area contributed by atoms with E-state index in [4.69, 9.17) is 5.84 Å². The highest BCUT2D eigenvalue weighted by atomic mass is 15.3. The lowest BCUT2D eigenvalue weighted by Crippen LogP contribution is -2.42. The van der Waals surface area contributed by atoms with Crippen LogP contribution in [0, 0.1) is 0 Å². The van der Waals surface area contributed by atoms with Crippen LogP contribution in [0.4, 0.5) is 11.6 Å². The van der Waals surface area contributed by atoms with Gasteiger partial charge in [-0.3, -0.25) is 0 Å². The van der Waals surface area contributed by atoms with E-state index in [1.165, 1.54) is 12.8 Å². The Hall–Kier alpha value is -1.40. The molecule has 0 spiro atoms. The van der Waals surface area contributed by atoms with Crippen LogP contribution in [0.1, 0.15) is 12.8 Å². The second-order valence-corrected chi connectivity index (χ2v) is 4.59. The van der Waals surface area contributed by atoms with Crippen molar-refractivity contribution in [3.8, 4) is 0 Å².